The van der Waals surface area contributed by atoms with Crippen LogP contribution in [0, 0.1) is 6.42 Å². The summed E-state index contributed by atoms with van der Waals surface area (Å²) in [5.41, 5.74) is 0. The molecule has 1 aliphatic heterocycles. The molecule has 0 aromatic rings. The molecule has 14 heavy (non-hydrogen) atoms. The Bertz CT molecular complexity index is 141. The first kappa shape index (κ1) is 10.5. The van der Waals surface area contributed by atoms with E-state index in [0.717, 1.165) is 6.04 Å². The summed E-state index contributed by atoms with van der Waals surface area (Å²) in [5.74, 6) is 0. The summed E-state index contributed by atoms with van der Waals surface area (Å²) in [6.07, 6.45) is 15.4. The van der Waals surface area contributed by atoms with Crippen molar-refractivity contribution in [2.45, 2.75) is 63.8 Å². The maximum atomic E-state index is 2.78. The van der Waals surface area contributed by atoms with Crippen molar-refractivity contribution in [2.75, 3.05) is 13.1 Å². The van der Waals surface area contributed by atoms with Gasteiger partial charge in [-0.3, -0.25) is 0 Å². The van der Waals surface area contributed by atoms with Gasteiger partial charge in [-0.15, -0.1) is 0 Å². The van der Waals surface area contributed by atoms with Gasteiger partial charge in [0.15, 0.2) is 0 Å². The molecule has 2 aliphatic rings. The fraction of sp³-hybridized carbons (Fsp3) is 0.923. The van der Waals surface area contributed by atoms with Gasteiger partial charge in [-0.25, -0.2) is 0 Å². The van der Waals surface area contributed by atoms with Gasteiger partial charge < -0.3 is 4.90 Å². The van der Waals surface area contributed by atoms with Crippen LogP contribution < -0.4 is 0 Å². The van der Waals surface area contributed by atoms with Crippen LogP contribution in [0.25, 0.3) is 0 Å². The van der Waals surface area contributed by atoms with Crippen molar-refractivity contribution in [1.82, 2.24) is 4.90 Å². The highest BCUT2D eigenvalue weighted by Gasteiger charge is 2.20. The summed E-state index contributed by atoms with van der Waals surface area (Å²) in [6.45, 7) is 2.76. The van der Waals surface area contributed by atoms with Crippen molar-refractivity contribution >= 4 is 0 Å². The van der Waals surface area contributed by atoms with Crippen molar-refractivity contribution in [3.05, 3.63) is 6.42 Å². The van der Waals surface area contributed by atoms with Crippen molar-refractivity contribution in [3.63, 3.8) is 0 Å². The maximum Gasteiger partial charge on any atom is 0.00954 e. The SMILES string of the molecule is [CH]1CCC(N2CCCCCCC2)CC1. The molecule has 1 heteroatoms. The largest absolute Gasteiger partial charge is 0.300 e. The molecule has 1 saturated heterocycles. The third-order valence-corrected chi connectivity index (χ3v) is 3.82. The first-order chi connectivity index (χ1) is 6.97. The Morgan fingerprint density at radius 3 is 2.00 bits per heavy atom. The topological polar surface area (TPSA) is 3.24 Å². The van der Waals surface area contributed by atoms with E-state index in [2.05, 4.69) is 11.3 Å². The second-order valence-electron chi connectivity index (χ2n) is 4.90. The third kappa shape index (κ3) is 2.98. The van der Waals surface area contributed by atoms with E-state index >= 15 is 0 Å². The van der Waals surface area contributed by atoms with Crippen LogP contribution in [0.2, 0.25) is 0 Å². The Hall–Kier alpha value is -0.0400. The van der Waals surface area contributed by atoms with Gasteiger partial charge >= 0.3 is 0 Å². The van der Waals surface area contributed by atoms with E-state index in [1.165, 1.54) is 70.9 Å². The molecule has 2 fully saturated rings. The molecule has 0 bridgehead atoms. The molecule has 81 valence electrons. The molecule has 1 heterocycles. The van der Waals surface area contributed by atoms with Crippen LogP contribution in [0.4, 0.5) is 0 Å². The van der Waals surface area contributed by atoms with Gasteiger partial charge in [-0.2, -0.15) is 0 Å². The summed E-state index contributed by atoms with van der Waals surface area (Å²) in [6, 6.07) is 0.929. The zero-order valence-corrected chi connectivity index (χ0v) is 9.38. The lowest BCUT2D eigenvalue weighted by Gasteiger charge is -2.35. The van der Waals surface area contributed by atoms with Gasteiger partial charge in [0.2, 0.25) is 0 Å². The molecule has 2 rings (SSSR count). The normalized spacial score (nSPS) is 28.3. The Balaban J connectivity index is 1.80. The predicted molar refractivity (Wildman–Crippen MR) is 61.2 cm³/mol. The summed E-state index contributed by atoms with van der Waals surface area (Å²) >= 11 is 0. The fourth-order valence-corrected chi connectivity index (χ4v) is 2.91. The minimum atomic E-state index is 0.929. The second-order valence-corrected chi connectivity index (χ2v) is 4.90. The Labute approximate surface area is 88.9 Å². The molecular formula is C13H24N. The Morgan fingerprint density at radius 1 is 0.786 bits per heavy atom. The van der Waals surface area contributed by atoms with E-state index < -0.39 is 0 Å². The van der Waals surface area contributed by atoms with Crippen LogP contribution >= 0.6 is 0 Å². The van der Waals surface area contributed by atoms with E-state index in [0.29, 0.717) is 0 Å². The molecule has 0 aromatic carbocycles. The summed E-state index contributed by atoms with van der Waals surface area (Å²) < 4.78 is 0. The van der Waals surface area contributed by atoms with Gasteiger partial charge in [-0.1, -0.05) is 19.3 Å². The molecule has 0 spiro atoms. The highest BCUT2D eigenvalue weighted by molar-refractivity contribution is 4.83. The van der Waals surface area contributed by atoms with Gasteiger partial charge in [0.25, 0.3) is 0 Å². The van der Waals surface area contributed by atoms with Gasteiger partial charge in [0, 0.05) is 6.04 Å². The van der Waals surface area contributed by atoms with E-state index in [4.69, 9.17) is 0 Å². The minimum Gasteiger partial charge on any atom is -0.300 e. The quantitative estimate of drug-likeness (QED) is 0.618. The standard InChI is InChI=1S/C13H24N/c1-2-7-11-14(12-8-3-1)13-9-5-4-6-10-13/h4,13H,1-3,5-12H2. The van der Waals surface area contributed by atoms with Crippen molar-refractivity contribution in [1.29, 1.82) is 0 Å². The van der Waals surface area contributed by atoms with E-state index in [1.54, 1.807) is 0 Å². The Kier molecular flexibility index (Phi) is 4.30. The van der Waals surface area contributed by atoms with Crippen molar-refractivity contribution < 1.29 is 0 Å². The number of likely N-dealkylation sites (tertiary alicyclic amines) is 1. The highest BCUT2D eigenvalue weighted by Crippen LogP contribution is 2.23. The van der Waals surface area contributed by atoms with Crippen LogP contribution in [0.5, 0.6) is 0 Å². The molecule has 1 saturated carbocycles. The first-order valence-electron chi connectivity index (χ1n) is 6.52. The van der Waals surface area contributed by atoms with Crippen molar-refractivity contribution in [3.8, 4) is 0 Å². The van der Waals surface area contributed by atoms with Crippen LogP contribution in [0.1, 0.15) is 57.8 Å². The average molecular weight is 194 g/mol. The summed E-state index contributed by atoms with van der Waals surface area (Å²) in [5, 5.41) is 0. The lowest BCUT2D eigenvalue weighted by Crippen LogP contribution is -2.38. The molecule has 0 N–H and O–H groups in total. The smallest absolute Gasteiger partial charge is 0.00954 e. The zero-order chi connectivity index (χ0) is 9.64. The fourth-order valence-electron chi connectivity index (χ4n) is 2.91. The van der Waals surface area contributed by atoms with Crippen LogP contribution in [0.15, 0.2) is 0 Å². The number of nitrogens with zero attached hydrogens (tertiary/aromatic N) is 1. The van der Waals surface area contributed by atoms with Crippen LogP contribution in [-0.2, 0) is 0 Å². The van der Waals surface area contributed by atoms with E-state index in [9.17, 15) is 0 Å². The van der Waals surface area contributed by atoms with E-state index in [1.807, 2.05) is 0 Å². The van der Waals surface area contributed by atoms with Gasteiger partial charge in [0.1, 0.15) is 0 Å². The van der Waals surface area contributed by atoms with Crippen LogP contribution in [0.3, 0.4) is 0 Å². The minimum absolute atomic E-state index is 0.929. The lowest BCUT2D eigenvalue weighted by molar-refractivity contribution is 0.153. The summed E-state index contributed by atoms with van der Waals surface area (Å²) in [4.78, 5) is 2.78. The third-order valence-electron chi connectivity index (χ3n) is 3.82. The van der Waals surface area contributed by atoms with Crippen LogP contribution in [-0.4, -0.2) is 24.0 Å². The molecule has 1 nitrogen and oxygen atoms in total. The molecule has 0 atom stereocenters. The molecule has 1 radical (unpaired) electrons. The molecule has 0 aromatic heterocycles. The van der Waals surface area contributed by atoms with Gasteiger partial charge in [-0.05, 0) is 58.0 Å². The Morgan fingerprint density at radius 2 is 1.36 bits per heavy atom. The first-order valence-corrected chi connectivity index (χ1v) is 6.52. The number of hydrogen-bond acceptors (Lipinski definition) is 1. The van der Waals surface area contributed by atoms with E-state index in [-0.39, 0.29) is 0 Å². The maximum absolute atomic E-state index is 2.78. The molecule has 0 unspecified atom stereocenters. The zero-order valence-electron chi connectivity index (χ0n) is 9.38. The summed E-state index contributed by atoms with van der Waals surface area (Å²) in [7, 11) is 0. The number of rotatable bonds is 1. The highest BCUT2D eigenvalue weighted by atomic mass is 15.1. The lowest BCUT2D eigenvalue weighted by atomic mass is 9.93. The predicted octanol–water partition coefficient (Wildman–Crippen LogP) is 3.40. The second kappa shape index (κ2) is 5.75. The molecule has 0 amide bonds. The molecular weight excluding hydrogens is 170 g/mol. The van der Waals surface area contributed by atoms with Crippen molar-refractivity contribution in [2.24, 2.45) is 0 Å². The molecule has 1 aliphatic carbocycles. The average Bonchev–Trinajstić information content (AvgIpc) is 2.18. The monoisotopic (exact) mass is 194 g/mol. The van der Waals surface area contributed by atoms with Gasteiger partial charge in [0.05, 0.1) is 0 Å². The number of hydrogen-bond donors (Lipinski definition) is 0.